The zero-order chi connectivity index (χ0) is 11.4. The minimum atomic E-state index is -1.25. The monoisotopic (exact) mass is 211 g/mol. The Balaban J connectivity index is 2.95. The molecule has 0 radical (unpaired) electrons. The Morgan fingerprint density at radius 2 is 1.93 bits per heavy atom. The smallest absolute Gasteiger partial charge is 0.335 e. The fourth-order valence-electron chi connectivity index (χ4n) is 0.900. The minimum absolute atomic E-state index is 0.146. The summed E-state index contributed by atoms with van der Waals surface area (Å²) in [5.41, 5.74) is -0.334. The van der Waals surface area contributed by atoms with Gasteiger partial charge in [-0.1, -0.05) is 6.07 Å². The van der Waals surface area contributed by atoms with Gasteiger partial charge in [0, 0.05) is 5.56 Å². The van der Waals surface area contributed by atoms with E-state index in [0.717, 1.165) is 6.07 Å². The summed E-state index contributed by atoms with van der Waals surface area (Å²) >= 11 is 0. The van der Waals surface area contributed by atoms with Crippen LogP contribution in [0.1, 0.15) is 20.7 Å². The molecule has 0 amide bonds. The molecule has 7 heteroatoms. The molecule has 1 N–H and O–H groups in total. The van der Waals surface area contributed by atoms with Crippen molar-refractivity contribution in [2.75, 3.05) is 0 Å². The van der Waals surface area contributed by atoms with E-state index in [2.05, 4.69) is 4.84 Å². The molecule has 7 nitrogen and oxygen atoms in total. The molecule has 0 unspecified atom stereocenters. The lowest BCUT2D eigenvalue weighted by Crippen LogP contribution is -2.11. The summed E-state index contributed by atoms with van der Waals surface area (Å²) in [5, 5.41) is 17.2. The molecule has 0 bridgehead atoms. The first-order chi connectivity index (χ1) is 7.00. The predicted molar refractivity (Wildman–Crippen MR) is 45.8 cm³/mol. The van der Waals surface area contributed by atoms with E-state index < -0.39 is 17.0 Å². The average Bonchev–Trinajstić information content (AvgIpc) is 2.17. The van der Waals surface area contributed by atoms with Crippen molar-refractivity contribution in [3.63, 3.8) is 0 Å². The molecule has 0 aromatic heterocycles. The molecule has 0 fully saturated rings. The van der Waals surface area contributed by atoms with E-state index in [9.17, 15) is 19.7 Å². The highest BCUT2D eigenvalue weighted by atomic mass is 17.0. The first kappa shape index (κ1) is 10.6. The maximum atomic E-state index is 11.0. The van der Waals surface area contributed by atoms with Crippen molar-refractivity contribution in [3.05, 3.63) is 45.5 Å². The van der Waals surface area contributed by atoms with Crippen molar-refractivity contribution in [3.8, 4) is 0 Å². The quantitative estimate of drug-likeness (QED) is 0.583. The lowest BCUT2D eigenvalue weighted by atomic mass is 10.1. The number of carboxylic acids is 1. The first-order valence-electron chi connectivity index (χ1n) is 3.71. The highest BCUT2D eigenvalue weighted by Crippen LogP contribution is 2.06. The summed E-state index contributed by atoms with van der Waals surface area (Å²) < 4.78 is 0. The molecular formula is C8H5NO6. The minimum Gasteiger partial charge on any atom is -0.478 e. The van der Waals surface area contributed by atoms with Crippen LogP contribution in [0.3, 0.4) is 0 Å². The molecule has 0 saturated heterocycles. The average molecular weight is 211 g/mol. The van der Waals surface area contributed by atoms with Crippen molar-refractivity contribution < 1.29 is 24.6 Å². The zero-order valence-corrected chi connectivity index (χ0v) is 7.25. The van der Waals surface area contributed by atoms with Crippen molar-refractivity contribution in [1.29, 1.82) is 0 Å². The summed E-state index contributed by atoms with van der Waals surface area (Å²) in [6, 6.07) is 4.76. The molecule has 15 heavy (non-hydrogen) atoms. The van der Waals surface area contributed by atoms with Gasteiger partial charge in [0.15, 0.2) is 0 Å². The summed E-state index contributed by atoms with van der Waals surface area (Å²) in [7, 11) is 0. The second-order valence-corrected chi connectivity index (χ2v) is 2.49. The number of nitrogens with zero attached hydrogens (tertiary/aromatic N) is 1. The maximum absolute atomic E-state index is 11.0. The molecule has 0 aliphatic carbocycles. The summed E-state index contributed by atoms with van der Waals surface area (Å²) in [4.78, 5) is 35.0. The molecule has 1 aromatic rings. The molecule has 0 saturated carbocycles. The van der Waals surface area contributed by atoms with Crippen molar-refractivity contribution in [2.24, 2.45) is 0 Å². The Hall–Kier alpha value is -2.44. The van der Waals surface area contributed by atoms with Gasteiger partial charge in [0.25, 0.3) is 0 Å². The van der Waals surface area contributed by atoms with Crippen LogP contribution < -0.4 is 0 Å². The molecule has 1 rings (SSSR count). The number of hydrogen-bond donors (Lipinski definition) is 1. The van der Waals surface area contributed by atoms with Gasteiger partial charge in [0.05, 0.1) is 5.56 Å². The number of rotatable bonds is 3. The summed E-state index contributed by atoms with van der Waals surface area (Å²) in [6.07, 6.45) is 0. The van der Waals surface area contributed by atoms with Crippen molar-refractivity contribution in [1.82, 2.24) is 0 Å². The van der Waals surface area contributed by atoms with E-state index in [1.54, 1.807) is 0 Å². The number of aromatic carboxylic acids is 1. The maximum Gasteiger partial charge on any atom is 0.335 e. The van der Waals surface area contributed by atoms with Crippen LogP contribution in [0.15, 0.2) is 24.3 Å². The van der Waals surface area contributed by atoms with E-state index in [1.807, 2.05) is 0 Å². The van der Waals surface area contributed by atoms with Crippen LogP contribution in [0.5, 0.6) is 0 Å². The largest absolute Gasteiger partial charge is 0.478 e. The van der Waals surface area contributed by atoms with Crippen LogP contribution in [-0.2, 0) is 4.84 Å². The third-order valence-electron chi connectivity index (χ3n) is 1.50. The van der Waals surface area contributed by atoms with E-state index >= 15 is 0 Å². The Labute approximate surface area is 83.0 Å². The lowest BCUT2D eigenvalue weighted by Gasteiger charge is -1.99. The molecule has 78 valence electrons. The van der Waals surface area contributed by atoms with Crippen LogP contribution in [0.4, 0.5) is 0 Å². The van der Waals surface area contributed by atoms with Crippen LogP contribution in [0.25, 0.3) is 0 Å². The van der Waals surface area contributed by atoms with E-state index in [4.69, 9.17) is 5.11 Å². The fourth-order valence-corrected chi connectivity index (χ4v) is 0.900. The predicted octanol–water partition coefficient (Wildman–Crippen LogP) is 0.733. The van der Waals surface area contributed by atoms with Gasteiger partial charge in [-0.05, 0) is 18.2 Å². The van der Waals surface area contributed by atoms with E-state index in [0.29, 0.717) is 0 Å². The molecule has 0 spiro atoms. The third-order valence-corrected chi connectivity index (χ3v) is 1.50. The summed E-state index contributed by atoms with van der Waals surface area (Å²) in [5.74, 6) is -2.44. The Bertz CT molecular complexity index is 427. The number of carbonyl (C=O) groups excluding carboxylic acids is 1. The summed E-state index contributed by atoms with van der Waals surface area (Å²) in [6.45, 7) is 0. The van der Waals surface area contributed by atoms with Gasteiger partial charge in [0.1, 0.15) is 0 Å². The number of carbonyl (C=O) groups is 2. The van der Waals surface area contributed by atoms with Gasteiger partial charge in [-0.15, -0.1) is 10.1 Å². The van der Waals surface area contributed by atoms with Gasteiger partial charge < -0.3 is 5.11 Å². The molecule has 0 atom stereocenters. The van der Waals surface area contributed by atoms with Gasteiger partial charge in [0.2, 0.25) is 0 Å². The van der Waals surface area contributed by atoms with Gasteiger partial charge in [-0.2, -0.15) is 0 Å². The van der Waals surface area contributed by atoms with Crippen LogP contribution in [0, 0.1) is 10.1 Å². The zero-order valence-electron chi connectivity index (χ0n) is 7.25. The Morgan fingerprint density at radius 1 is 1.33 bits per heavy atom. The van der Waals surface area contributed by atoms with E-state index in [1.165, 1.54) is 18.2 Å². The van der Waals surface area contributed by atoms with Crippen molar-refractivity contribution in [2.45, 2.75) is 0 Å². The number of benzene rings is 1. The van der Waals surface area contributed by atoms with E-state index in [-0.39, 0.29) is 11.1 Å². The lowest BCUT2D eigenvalue weighted by molar-refractivity contribution is -0.727. The van der Waals surface area contributed by atoms with Crippen LogP contribution in [0.2, 0.25) is 0 Å². The third kappa shape index (κ3) is 2.76. The molecule has 0 aliphatic heterocycles. The molecule has 0 heterocycles. The molecule has 0 aliphatic rings. The Kier molecular flexibility index (Phi) is 2.97. The number of carboxylic acid groups (broad SMARTS) is 1. The SMILES string of the molecule is O=C(O)c1cccc(C(=O)O[N+](=O)[O-])c1. The topological polar surface area (TPSA) is 107 Å². The molecule has 1 aromatic carbocycles. The van der Waals surface area contributed by atoms with Gasteiger partial charge >= 0.3 is 17.0 Å². The van der Waals surface area contributed by atoms with Gasteiger partial charge in [-0.25, -0.2) is 9.63 Å². The fraction of sp³-hybridized carbons (Fsp3) is 0. The van der Waals surface area contributed by atoms with Crippen LogP contribution >= 0.6 is 0 Å². The van der Waals surface area contributed by atoms with Crippen LogP contribution in [-0.4, -0.2) is 22.1 Å². The highest BCUT2D eigenvalue weighted by molar-refractivity contribution is 5.94. The normalized spacial score (nSPS) is 9.33. The second kappa shape index (κ2) is 4.18. The first-order valence-corrected chi connectivity index (χ1v) is 3.71. The molecular weight excluding hydrogens is 206 g/mol. The van der Waals surface area contributed by atoms with Crippen molar-refractivity contribution >= 4 is 11.9 Å². The second-order valence-electron chi connectivity index (χ2n) is 2.49. The van der Waals surface area contributed by atoms with Gasteiger partial charge in [-0.3, -0.25) is 4.79 Å². The highest BCUT2D eigenvalue weighted by Gasteiger charge is 2.12. The Morgan fingerprint density at radius 3 is 2.47 bits per heavy atom. The number of hydrogen-bond acceptors (Lipinski definition) is 5. The standard InChI is InChI=1S/C8H5NO6/c10-7(11)5-2-1-3-6(4-5)8(12)15-9(13)14/h1-4H,(H,10,11).